The second kappa shape index (κ2) is 8.58. The van der Waals surface area contributed by atoms with Gasteiger partial charge < -0.3 is 20.5 Å². The van der Waals surface area contributed by atoms with Crippen molar-refractivity contribution >= 4 is 6.09 Å². The summed E-state index contributed by atoms with van der Waals surface area (Å²) in [5.41, 5.74) is 1.51. The van der Waals surface area contributed by atoms with E-state index in [4.69, 9.17) is 4.74 Å². The minimum atomic E-state index is -0.486. The van der Waals surface area contributed by atoms with E-state index in [0.717, 1.165) is 11.1 Å². The molecule has 1 aromatic rings. The highest BCUT2D eigenvalue weighted by Gasteiger charge is 2.15. The fourth-order valence-electron chi connectivity index (χ4n) is 2.00. The molecule has 5 heteroatoms. The molecule has 0 saturated heterocycles. The van der Waals surface area contributed by atoms with Gasteiger partial charge in [0.2, 0.25) is 0 Å². The number of alkyl carbamates (subject to hydrolysis) is 1. The Kier molecular flexibility index (Phi) is 7.10. The van der Waals surface area contributed by atoms with Crippen LogP contribution in [0, 0.1) is 6.92 Å². The number of aromatic hydroxyl groups is 1. The van der Waals surface area contributed by atoms with Crippen molar-refractivity contribution in [2.45, 2.75) is 46.3 Å². The third-order valence-corrected chi connectivity index (χ3v) is 3.12. The summed E-state index contributed by atoms with van der Waals surface area (Å²) in [5, 5.41) is 15.8. The molecule has 0 bridgehead atoms. The Morgan fingerprint density at radius 2 is 1.96 bits per heavy atom. The monoisotopic (exact) mass is 320 g/mol. The second-order valence-corrected chi connectivity index (χ2v) is 6.55. The first-order chi connectivity index (χ1) is 10.7. The number of hydrogen-bond donors (Lipinski definition) is 3. The van der Waals surface area contributed by atoms with Crippen LogP contribution in [0.15, 0.2) is 30.4 Å². The summed E-state index contributed by atoms with van der Waals surface area (Å²) in [7, 11) is 0. The van der Waals surface area contributed by atoms with Crippen molar-refractivity contribution in [3.63, 3.8) is 0 Å². The molecule has 0 aromatic heterocycles. The number of carbonyl (C=O) groups excluding carboxylic acids is 1. The molecule has 1 atom stereocenters. The Hall–Kier alpha value is -2.01. The number of hydrogen-bond acceptors (Lipinski definition) is 4. The summed E-state index contributed by atoms with van der Waals surface area (Å²) >= 11 is 0. The standard InChI is InChI=1S/C18H28N2O3/c1-13-8-9-16(21)15(12-13)14(2)19-10-6-7-11-20-17(22)23-18(3,4)5/h6-9,12,14,19,21H,10-11H2,1-5H3,(H,20,22)/b7-6+. The molecule has 0 spiro atoms. The normalized spacial score (nSPS) is 13.1. The van der Waals surface area contributed by atoms with Gasteiger partial charge in [0.05, 0.1) is 0 Å². The summed E-state index contributed by atoms with van der Waals surface area (Å²) in [6.07, 6.45) is 3.37. The molecule has 0 aliphatic rings. The molecule has 1 unspecified atom stereocenters. The van der Waals surface area contributed by atoms with Gasteiger partial charge in [-0.25, -0.2) is 4.79 Å². The quantitative estimate of drug-likeness (QED) is 0.702. The lowest BCUT2D eigenvalue weighted by Crippen LogP contribution is -2.32. The molecule has 0 aliphatic heterocycles. The molecule has 0 fully saturated rings. The van der Waals surface area contributed by atoms with Crippen LogP contribution in [0.25, 0.3) is 0 Å². The van der Waals surface area contributed by atoms with Gasteiger partial charge in [-0.15, -0.1) is 0 Å². The lowest BCUT2D eigenvalue weighted by molar-refractivity contribution is 0.0534. The average molecular weight is 320 g/mol. The minimum absolute atomic E-state index is 0.0402. The fraction of sp³-hybridized carbons (Fsp3) is 0.500. The van der Waals surface area contributed by atoms with Crippen LogP contribution in [0.3, 0.4) is 0 Å². The van der Waals surface area contributed by atoms with Crippen molar-refractivity contribution in [1.82, 2.24) is 10.6 Å². The summed E-state index contributed by atoms with van der Waals surface area (Å²) in [6, 6.07) is 5.61. The van der Waals surface area contributed by atoms with E-state index in [1.807, 2.05) is 58.9 Å². The molecule has 0 radical (unpaired) electrons. The number of phenols is 1. The highest BCUT2D eigenvalue weighted by atomic mass is 16.6. The van der Waals surface area contributed by atoms with Crippen molar-refractivity contribution in [3.05, 3.63) is 41.5 Å². The van der Waals surface area contributed by atoms with Crippen LogP contribution in [0.5, 0.6) is 5.75 Å². The topological polar surface area (TPSA) is 70.6 Å². The van der Waals surface area contributed by atoms with Gasteiger partial charge in [0.25, 0.3) is 0 Å². The molecule has 3 N–H and O–H groups in total. The van der Waals surface area contributed by atoms with Gasteiger partial charge in [-0.05, 0) is 40.7 Å². The van der Waals surface area contributed by atoms with E-state index < -0.39 is 11.7 Å². The molecule has 1 aromatic carbocycles. The van der Waals surface area contributed by atoms with Crippen molar-refractivity contribution in [2.24, 2.45) is 0 Å². The highest BCUT2D eigenvalue weighted by Crippen LogP contribution is 2.24. The number of phenolic OH excluding ortho intramolecular Hbond substituents is 1. The van der Waals surface area contributed by atoms with E-state index in [0.29, 0.717) is 18.8 Å². The van der Waals surface area contributed by atoms with Crippen LogP contribution < -0.4 is 10.6 Å². The maximum atomic E-state index is 11.4. The largest absolute Gasteiger partial charge is 0.508 e. The van der Waals surface area contributed by atoms with E-state index in [1.165, 1.54) is 0 Å². The Bertz CT molecular complexity index is 548. The summed E-state index contributed by atoms with van der Waals surface area (Å²) in [6.45, 7) is 10.5. The zero-order valence-electron chi connectivity index (χ0n) is 14.6. The Balaban J connectivity index is 2.31. The van der Waals surface area contributed by atoms with Crippen molar-refractivity contribution in [2.75, 3.05) is 13.1 Å². The van der Waals surface area contributed by atoms with Crippen molar-refractivity contribution in [1.29, 1.82) is 0 Å². The first-order valence-corrected chi connectivity index (χ1v) is 7.84. The minimum Gasteiger partial charge on any atom is -0.508 e. The van der Waals surface area contributed by atoms with Gasteiger partial charge in [0.15, 0.2) is 0 Å². The van der Waals surface area contributed by atoms with E-state index in [-0.39, 0.29) is 6.04 Å². The van der Waals surface area contributed by atoms with E-state index in [1.54, 1.807) is 6.07 Å². The summed E-state index contributed by atoms with van der Waals surface area (Å²) < 4.78 is 5.14. The molecule has 0 saturated carbocycles. The number of carbonyl (C=O) groups is 1. The number of aryl methyl sites for hydroxylation is 1. The fourth-order valence-corrected chi connectivity index (χ4v) is 2.00. The van der Waals surface area contributed by atoms with Crippen LogP contribution in [0.1, 0.15) is 44.9 Å². The van der Waals surface area contributed by atoms with Crippen LogP contribution in [0.2, 0.25) is 0 Å². The van der Waals surface area contributed by atoms with Gasteiger partial charge in [0.1, 0.15) is 11.4 Å². The van der Waals surface area contributed by atoms with Gasteiger partial charge >= 0.3 is 6.09 Å². The molecule has 5 nitrogen and oxygen atoms in total. The van der Waals surface area contributed by atoms with Crippen LogP contribution >= 0.6 is 0 Å². The molecule has 0 heterocycles. The predicted molar refractivity (Wildman–Crippen MR) is 92.6 cm³/mol. The highest BCUT2D eigenvalue weighted by molar-refractivity contribution is 5.67. The molecule has 1 amide bonds. The molecular weight excluding hydrogens is 292 g/mol. The molecule has 0 aliphatic carbocycles. The van der Waals surface area contributed by atoms with Gasteiger partial charge in [0, 0.05) is 24.7 Å². The second-order valence-electron chi connectivity index (χ2n) is 6.55. The Labute approximate surface area is 138 Å². The van der Waals surface area contributed by atoms with Crippen molar-refractivity contribution < 1.29 is 14.6 Å². The Morgan fingerprint density at radius 1 is 1.30 bits per heavy atom. The maximum absolute atomic E-state index is 11.4. The number of rotatable bonds is 6. The maximum Gasteiger partial charge on any atom is 0.407 e. The number of amides is 1. The van der Waals surface area contributed by atoms with E-state index in [9.17, 15) is 9.90 Å². The zero-order chi connectivity index (χ0) is 17.5. The number of benzene rings is 1. The first-order valence-electron chi connectivity index (χ1n) is 7.84. The Morgan fingerprint density at radius 3 is 2.61 bits per heavy atom. The van der Waals surface area contributed by atoms with Crippen LogP contribution in [-0.4, -0.2) is 29.9 Å². The van der Waals surface area contributed by atoms with Crippen molar-refractivity contribution in [3.8, 4) is 5.75 Å². The van der Waals surface area contributed by atoms with E-state index in [2.05, 4.69) is 10.6 Å². The number of nitrogens with one attached hydrogen (secondary N) is 2. The van der Waals surface area contributed by atoms with E-state index >= 15 is 0 Å². The third kappa shape index (κ3) is 7.70. The smallest absolute Gasteiger partial charge is 0.407 e. The number of ether oxygens (including phenoxy) is 1. The zero-order valence-corrected chi connectivity index (χ0v) is 14.6. The van der Waals surface area contributed by atoms with Crippen LogP contribution in [-0.2, 0) is 4.74 Å². The van der Waals surface area contributed by atoms with Gasteiger partial charge in [-0.1, -0.05) is 29.8 Å². The third-order valence-electron chi connectivity index (χ3n) is 3.12. The summed E-state index contributed by atoms with van der Waals surface area (Å²) in [4.78, 5) is 11.4. The lowest BCUT2D eigenvalue weighted by atomic mass is 10.0. The molecule has 1 rings (SSSR count). The molecule has 23 heavy (non-hydrogen) atoms. The first kappa shape index (κ1) is 19.0. The van der Waals surface area contributed by atoms with Crippen LogP contribution in [0.4, 0.5) is 4.79 Å². The van der Waals surface area contributed by atoms with Gasteiger partial charge in [-0.2, -0.15) is 0 Å². The van der Waals surface area contributed by atoms with Gasteiger partial charge in [-0.3, -0.25) is 0 Å². The molecule has 128 valence electrons. The SMILES string of the molecule is Cc1ccc(O)c(C(C)NC/C=C/CNC(=O)OC(C)(C)C)c1. The molecular formula is C18H28N2O3. The average Bonchev–Trinajstić information content (AvgIpc) is 2.43. The predicted octanol–water partition coefficient (Wildman–Crippen LogP) is 3.43. The summed E-state index contributed by atoms with van der Waals surface area (Å²) in [5.74, 6) is 0.297. The lowest BCUT2D eigenvalue weighted by Gasteiger charge is -2.19.